The minimum Gasteiger partial charge on any atom is -0.431 e. The lowest BCUT2D eigenvalue weighted by atomic mass is 10.3. The second-order valence-electron chi connectivity index (χ2n) is 3.86. The lowest BCUT2D eigenvalue weighted by molar-refractivity contribution is 0.489. The second kappa shape index (κ2) is 4.96. The summed E-state index contributed by atoms with van der Waals surface area (Å²) in [5.41, 5.74) is 7.72. The zero-order valence-corrected chi connectivity index (χ0v) is 11.9. The van der Waals surface area contributed by atoms with Gasteiger partial charge in [-0.15, -0.1) is 0 Å². The predicted octanol–water partition coefficient (Wildman–Crippen LogP) is 4.87. The van der Waals surface area contributed by atoms with Gasteiger partial charge < -0.3 is 10.2 Å². The molecule has 0 aliphatic carbocycles. The van der Waals surface area contributed by atoms with Crippen molar-refractivity contribution in [1.82, 2.24) is 4.98 Å². The first-order valence-corrected chi connectivity index (χ1v) is 6.98. The van der Waals surface area contributed by atoms with Crippen LogP contribution in [0.1, 0.15) is 0 Å². The van der Waals surface area contributed by atoms with Crippen molar-refractivity contribution in [2.75, 3.05) is 5.73 Å². The Balaban J connectivity index is 2.01. The van der Waals surface area contributed by atoms with Crippen molar-refractivity contribution in [3.05, 3.63) is 46.4 Å². The number of hydrogen-bond donors (Lipinski definition) is 1. The number of oxazole rings is 1. The van der Waals surface area contributed by atoms with Crippen molar-refractivity contribution in [3.8, 4) is 0 Å². The van der Waals surface area contributed by atoms with Crippen molar-refractivity contribution in [2.45, 2.75) is 10.1 Å². The minimum absolute atomic E-state index is 0.484. The molecule has 0 saturated heterocycles. The number of benzene rings is 2. The summed E-state index contributed by atoms with van der Waals surface area (Å²) in [6.07, 6.45) is 0. The molecule has 0 fully saturated rings. The van der Waals surface area contributed by atoms with Crippen LogP contribution in [0.5, 0.6) is 0 Å². The lowest BCUT2D eigenvalue weighted by Gasteiger charge is -2.04. The van der Waals surface area contributed by atoms with Crippen LogP contribution in [0.3, 0.4) is 0 Å². The van der Waals surface area contributed by atoms with Crippen molar-refractivity contribution in [1.29, 1.82) is 0 Å². The largest absolute Gasteiger partial charge is 0.431 e. The number of halogens is 2. The third-order valence-corrected chi connectivity index (χ3v) is 4.30. The fraction of sp³-hybridized carbons (Fsp3) is 0. The molecule has 0 aliphatic heterocycles. The van der Waals surface area contributed by atoms with E-state index in [9.17, 15) is 0 Å². The molecule has 1 aromatic heterocycles. The van der Waals surface area contributed by atoms with Crippen molar-refractivity contribution >= 4 is 51.8 Å². The fourth-order valence-electron chi connectivity index (χ4n) is 1.66. The lowest BCUT2D eigenvalue weighted by Crippen LogP contribution is -1.86. The zero-order chi connectivity index (χ0) is 13.4. The summed E-state index contributed by atoms with van der Waals surface area (Å²) in [6, 6.07) is 10.8. The van der Waals surface area contributed by atoms with Crippen molar-refractivity contribution < 1.29 is 4.42 Å². The normalized spacial score (nSPS) is 11.1. The molecule has 3 aromatic rings. The van der Waals surface area contributed by atoms with E-state index in [2.05, 4.69) is 4.98 Å². The maximum absolute atomic E-state index is 6.13. The molecule has 0 amide bonds. The highest BCUT2D eigenvalue weighted by molar-refractivity contribution is 7.99. The van der Waals surface area contributed by atoms with Crippen molar-refractivity contribution in [3.63, 3.8) is 0 Å². The average Bonchev–Trinajstić information content (AvgIpc) is 2.76. The van der Waals surface area contributed by atoms with Gasteiger partial charge in [-0.05, 0) is 36.0 Å². The van der Waals surface area contributed by atoms with Gasteiger partial charge in [0.1, 0.15) is 5.52 Å². The van der Waals surface area contributed by atoms with E-state index in [1.807, 2.05) is 24.3 Å². The maximum atomic E-state index is 6.13. The molecule has 96 valence electrons. The molecule has 2 N–H and O–H groups in total. The van der Waals surface area contributed by atoms with E-state index >= 15 is 0 Å². The van der Waals surface area contributed by atoms with Gasteiger partial charge in [0.15, 0.2) is 5.58 Å². The van der Waals surface area contributed by atoms with Crippen LogP contribution >= 0.6 is 35.0 Å². The van der Waals surface area contributed by atoms with Gasteiger partial charge in [0.25, 0.3) is 5.22 Å². The van der Waals surface area contributed by atoms with Crippen LogP contribution in [-0.2, 0) is 0 Å². The average molecular weight is 311 g/mol. The SMILES string of the molecule is Nc1cc(Cl)c(Sc2nc3ccccc3o2)c(Cl)c1. The van der Waals surface area contributed by atoms with Gasteiger partial charge in [-0.1, -0.05) is 35.3 Å². The summed E-state index contributed by atoms with van der Waals surface area (Å²) in [6.45, 7) is 0. The summed E-state index contributed by atoms with van der Waals surface area (Å²) >= 11 is 13.5. The molecule has 0 saturated carbocycles. The molecule has 3 nitrogen and oxygen atoms in total. The first-order chi connectivity index (χ1) is 9.13. The molecule has 19 heavy (non-hydrogen) atoms. The number of rotatable bonds is 2. The molecular weight excluding hydrogens is 303 g/mol. The number of anilines is 1. The third-order valence-electron chi connectivity index (χ3n) is 2.48. The molecule has 0 atom stereocenters. The number of nitrogens with zero attached hydrogens (tertiary/aromatic N) is 1. The number of hydrogen-bond acceptors (Lipinski definition) is 4. The Bertz CT molecular complexity index is 701. The summed E-state index contributed by atoms with van der Waals surface area (Å²) < 4.78 is 5.62. The molecule has 0 radical (unpaired) electrons. The molecule has 0 unspecified atom stereocenters. The smallest absolute Gasteiger partial charge is 0.261 e. The van der Waals surface area contributed by atoms with Gasteiger partial charge in [0.2, 0.25) is 0 Å². The van der Waals surface area contributed by atoms with Crippen LogP contribution in [0.2, 0.25) is 10.0 Å². The molecule has 6 heteroatoms. The Morgan fingerprint density at radius 1 is 1.11 bits per heavy atom. The summed E-state index contributed by atoms with van der Waals surface area (Å²) in [7, 11) is 0. The van der Waals surface area contributed by atoms with Gasteiger partial charge >= 0.3 is 0 Å². The second-order valence-corrected chi connectivity index (χ2v) is 5.64. The van der Waals surface area contributed by atoms with Gasteiger partial charge in [0.05, 0.1) is 14.9 Å². The van der Waals surface area contributed by atoms with Crippen LogP contribution in [-0.4, -0.2) is 4.98 Å². The van der Waals surface area contributed by atoms with E-state index in [1.54, 1.807) is 12.1 Å². The highest BCUT2D eigenvalue weighted by atomic mass is 35.5. The molecule has 1 heterocycles. The highest BCUT2D eigenvalue weighted by Gasteiger charge is 2.13. The quantitative estimate of drug-likeness (QED) is 0.686. The number of aromatic nitrogens is 1. The fourth-order valence-corrected chi connectivity index (χ4v) is 3.16. The van der Waals surface area contributed by atoms with Crippen LogP contribution < -0.4 is 5.73 Å². The van der Waals surface area contributed by atoms with Crippen LogP contribution in [0.4, 0.5) is 5.69 Å². The zero-order valence-electron chi connectivity index (χ0n) is 9.56. The van der Waals surface area contributed by atoms with Gasteiger partial charge in [-0.25, -0.2) is 4.98 Å². The highest BCUT2D eigenvalue weighted by Crippen LogP contribution is 2.40. The molecule has 0 aliphatic rings. The Kier molecular flexibility index (Phi) is 3.31. The Morgan fingerprint density at radius 3 is 2.47 bits per heavy atom. The van der Waals surface area contributed by atoms with Crippen LogP contribution in [0.25, 0.3) is 11.1 Å². The monoisotopic (exact) mass is 310 g/mol. The van der Waals surface area contributed by atoms with E-state index in [-0.39, 0.29) is 0 Å². The van der Waals surface area contributed by atoms with E-state index in [4.69, 9.17) is 33.4 Å². The summed E-state index contributed by atoms with van der Waals surface area (Å²) in [5, 5.41) is 1.46. The molecule has 0 bridgehead atoms. The number of nitrogen functional groups attached to an aromatic ring is 1. The summed E-state index contributed by atoms with van der Waals surface area (Å²) in [5.74, 6) is 0. The number of fused-ring (bicyclic) bond motifs is 1. The Hall–Kier alpha value is -1.36. The van der Waals surface area contributed by atoms with Crippen LogP contribution in [0, 0.1) is 0 Å². The topological polar surface area (TPSA) is 52.0 Å². The first kappa shape index (κ1) is 12.7. The standard InChI is InChI=1S/C13H8Cl2N2OS/c14-8-5-7(16)6-9(15)12(8)19-13-17-10-3-1-2-4-11(10)18-13/h1-6H,16H2. The molecule has 0 spiro atoms. The molecular formula is C13H8Cl2N2OS. The van der Waals surface area contributed by atoms with Gasteiger partial charge in [-0.3, -0.25) is 0 Å². The first-order valence-electron chi connectivity index (χ1n) is 5.41. The Labute approximate surface area is 123 Å². The van der Waals surface area contributed by atoms with E-state index in [1.165, 1.54) is 11.8 Å². The van der Waals surface area contributed by atoms with E-state index in [0.29, 0.717) is 25.9 Å². The summed E-state index contributed by atoms with van der Waals surface area (Å²) in [4.78, 5) is 5.04. The maximum Gasteiger partial charge on any atom is 0.261 e. The van der Waals surface area contributed by atoms with E-state index in [0.717, 1.165) is 11.1 Å². The Morgan fingerprint density at radius 2 is 1.79 bits per heavy atom. The van der Waals surface area contributed by atoms with Crippen molar-refractivity contribution in [2.24, 2.45) is 0 Å². The predicted molar refractivity (Wildman–Crippen MR) is 79.0 cm³/mol. The third kappa shape index (κ3) is 2.52. The van der Waals surface area contributed by atoms with Crippen LogP contribution in [0.15, 0.2) is 50.9 Å². The number of nitrogens with two attached hydrogens (primary N) is 1. The minimum atomic E-state index is 0.484. The molecule has 2 aromatic carbocycles. The van der Waals surface area contributed by atoms with E-state index < -0.39 is 0 Å². The van der Waals surface area contributed by atoms with Gasteiger partial charge in [-0.2, -0.15) is 0 Å². The number of para-hydroxylation sites is 2. The molecule has 3 rings (SSSR count). The van der Waals surface area contributed by atoms with Gasteiger partial charge in [0, 0.05) is 5.69 Å².